The number of thiazole rings is 1. The Hall–Kier alpha value is -1.16. The topological polar surface area (TPSA) is 42.0 Å². The molecule has 1 aliphatic carbocycles. The van der Waals surface area contributed by atoms with E-state index in [-0.39, 0.29) is 5.91 Å². The van der Waals surface area contributed by atoms with Crippen molar-refractivity contribution >= 4 is 22.4 Å². The van der Waals surface area contributed by atoms with Crippen LogP contribution in [0.5, 0.6) is 0 Å². The quantitative estimate of drug-likeness (QED) is 0.775. The highest BCUT2D eigenvalue weighted by molar-refractivity contribution is 7.14. The van der Waals surface area contributed by atoms with Gasteiger partial charge in [-0.2, -0.15) is 0 Å². The van der Waals surface area contributed by atoms with Crippen LogP contribution in [0, 0.1) is 0 Å². The molecule has 1 heterocycles. The largest absolute Gasteiger partial charge is 0.298 e. The molecule has 1 aliphatic rings. The zero-order chi connectivity index (χ0) is 9.97. The third kappa shape index (κ3) is 2.20. The zero-order valence-electron chi connectivity index (χ0n) is 7.99. The Kier molecular flexibility index (Phi) is 2.63. The van der Waals surface area contributed by atoms with Crippen LogP contribution in [0.2, 0.25) is 0 Å². The van der Waals surface area contributed by atoms with E-state index in [1.165, 1.54) is 30.3 Å². The van der Waals surface area contributed by atoms with E-state index in [9.17, 15) is 4.79 Å². The minimum atomic E-state index is -0.107. The lowest BCUT2D eigenvalue weighted by Gasteiger charge is -1.94. The second-order valence-electron chi connectivity index (χ2n) is 3.34. The molecule has 2 rings (SSSR count). The molecule has 3 nitrogen and oxygen atoms in total. The van der Waals surface area contributed by atoms with Crippen molar-refractivity contribution in [2.24, 2.45) is 0 Å². The first-order chi connectivity index (χ1) is 6.79. The molecule has 0 saturated heterocycles. The number of amides is 1. The normalized spacial score (nSPS) is 16.1. The summed E-state index contributed by atoms with van der Waals surface area (Å²) in [5.74, 6) is 0.544. The number of aromatic nitrogens is 1. The number of hydrogen-bond donors (Lipinski definition) is 1. The second kappa shape index (κ2) is 3.92. The van der Waals surface area contributed by atoms with E-state index in [1.54, 1.807) is 6.08 Å². The number of nitrogens with one attached hydrogen (secondary N) is 1. The fourth-order valence-corrected chi connectivity index (χ4v) is 2.00. The van der Waals surface area contributed by atoms with Crippen molar-refractivity contribution in [2.45, 2.75) is 25.7 Å². The van der Waals surface area contributed by atoms with E-state index in [2.05, 4.69) is 10.3 Å². The molecule has 1 aromatic rings. The van der Waals surface area contributed by atoms with Gasteiger partial charge >= 0.3 is 0 Å². The van der Waals surface area contributed by atoms with Crippen molar-refractivity contribution in [3.8, 4) is 0 Å². The first kappa shape index (κ1) is 9.40. The van der Waals surface area contributed by atoms with E-state index in [0.29, 0.717) is 11.0 Å². The van der Waals surface area contributed by atoms with Gasteiger partial charge in [-0.05, 0) is 25.8 Å². The van der Waals surface area contributed by atoms with Crippen LogP contribution in [-0.2, 0) is 4.79 Å². The van der Waals surface area contributed by atoms with Crippen LogP contribution in [0.3, 0.4) is 0 Å². The van der Waals surface area contributed by atoms with Crippen LogP contribution in [0.4, 0.5) is 5.13 Å². The molecule has 0 atom stereocenters. The van der Waals surface area contributed by atoms with Crippen LogP contribution >= 0.6 is 11.3 Å². The Morgan fingerprint density at radius 1 is 1.71 bits per heavy atom. The number of hydrogen-bond acceptors (Lipinski definition) is 3. The van der Waals surface area contributed by atoms with Gasteiger partial charge in [0.05, 0.1) is 5.69 Å². The number of nitrogens with zero attached hydrogens (tertiary/aromatic N) is 1. The van der Waals surface area contributed by atoms with Crippen molar-refractivity contribution in [3.63, 3.8) is 0 Å². The molecular weight excluding hydrogens is 196 g/mol. The molecule has 0 unspecified atom stereocenters. The third-order valence-corrected chi connectivity index (χ3v) is 2.84. The summed E-state index contributed by atoms with van der Waals surface area (Å²) in [5.41, 5.74) is 1.13. The van der Waals surface area contributed by atoms with Gasteiger partial charge in [0.25, 0.3) is 0 Å². The van der Waals surface area contributed by atoms with Gasteiger partial charge in [-0.25, -0.2) is 4.98 Å². The summed E-state index contributed by atoms with van der Waals surface area (Å²) in [6, 6.07) is 0. The first-order valence-corrected chi connectivity index (χ1v) is 5.56. The highest BCUT2D eigenvalue weighted by atomic mass is 32.1. The smallest absolute Gasteiger partial charge is 0.249 e. The van der Waals surface area contributed by atoms with Gasteiger partial charge < -0.3 is 0 Å². The highest BCUT2D eigenvalue weighted by Crippen LogP contribution is 2.40. The minimum absolute atomic E-state index is 0.107. The summed E-state index contributed by atoms with van der Waals surface area (Å²) in [5, 5.41) is 5.46. The Morgan fingerprint density at radius 2 is 2.50 bits per heavy atom. The predicted molar refractivity (Wildman–Crippen MR) is 57.5 cm³/mol. The van der Waals surface area contributed by atoms with Gasteiger partial charge in [-0.1, -0.05) is 6.08 Å². The molecule has 0 bridgehead atoms. The Bertz CT molecular complexity index is 366. The number of rotatable bonds is 3. The maximum absolute atomic E-state index is 11.2. The van der Waals surface area contributed by atoms with Crippen molar-refractivity contribution < 1.29 is 4.79 Å². The lowest BCUT2D eigenvalue weighted by molar-refractivity contribution is -0.111. The highest BCUT2D eigenvalue weighted by Gasteiger charge is 2.26. The van der Waals surface area contributed by atoms with E-state index < -0.39 is 0 Å². The van der Waals surface area contributed by atoms with Gasteiger partial charge in [0.2, 0.25) is 5.91 Å². The molecule has 0 radical (unpaired) electrons. The van der Waals surface area contributed by atoms with E-state index in [1.807, 2.05) is 12.3 Å². The van der Waals surface area contributed by atoms with Crippen LogP contribution in [-0.4, -0.2) is 10.9 Å². The lowest BCUT2D eigenvalue weighted by Crippen LogP contribution is -2.07. The summed E-state index contributed by atoms with van der Waals surface area (Å²) in [6.45, 7) is 1.82. The van der Waals surface area contributed by atoms with E-state index >= 15 is 0 Å². The molecule has 1 N–H and O–H groups in total. The minimum Gasteiger partial charge on any atom is -0.298 e. The van der Waals surface area contributed by atoms with Gasteiger partial charge in [0, 0.05) is 11.3 Å². The summed E-state index contributed by atoms with van der Waals surface area (Å²) in [6.07, 6.45) is 5.70. The standard InChI is InChI=1S/C10H12N2OS/c1-2-3-9(13)12-10-11-8(6-14-10)7-4-5-7/h2-3,6-7H,4-5H2,1H3,(H,11,12,13)/b3-2+. The number of carbonyl (C=O) groups excluding carboxylic acids is 1. The summed E-state index contributed by atoms with van der Waals surface area (Å²) < 4.78 is 0. The van der Waals surface area contributed by atoms with Crippen LogP contribution in [0.15, 0.2) is 17.5 Å². The fourth-order valence-electron chi connectivity index (χ4n) is 1.21. The van der Waals surface area contributed by atoms with Crippen molar-refractivity contribution in [1.82, 2.24) is 4.98 Å². The van der Waals surface area contributed by atoms with E-state index in [0.717, 1.165) is 5.69 Å². The average molecular weight is 208 g/mol. The second-order valence-corrected chi connectivity index (χ2v) is 4.20. The third-order valence-electron chi connectivity index (χ3n) is 2.07. The molecular formula is C10H12N2OS. The van der Waals surface area contributed by atoms with Gasteiger partial charge in [0.15, 0.2) is 5.13 Å². The average Bonchev–Trinajstić information content (AvgIpc) is 2.89. The summed E-state index contributed by atoms with van der Waals surface area (Å²) in [4.78, 5) is 15.5. The Labute approximate surface area is 86.9 Å². The molecule has 1 amide bonds. The molecule has 1 saturated carbocycles. The molecule has 14 heavy (non-hydrogen) atoms. The van der Waals surface area contributed by atoms with Gasteiger partial charge in [-0.3, -0.25) is 10.1 Å². The molecule has 0 spiro atoms. The summed E-state index contributed by atoms with van der Waals surface area (Å²) >= 11 is 1.50. The monoisotopic (exact) mass is 208 g/mol. The Morgan fingerprint density at radius 3 is 3.14 bits per heavy atom. The lowest BCUT2D eigenvalue weighted by atomic mass is 10.3. The Balaban J connectivity index is 1.98. The van der Waals surface area contributed by atoms with Crippen molar-refractivity contribution in [1.29, 1.82) is 0 Å². The molecule has 74 valence electrons. The maximum atomic E-state index is 11.2. The maximum Gasteiger partial charge on any atom is 0.249 e. The first-order valence-electron chi connectivity index (χ1n) is 4.68. The molecule has 1 aromatic heterocycles. The molecule has 0 aliphatic heterocycles. The van der Waals surface area contributed by atoms with Crippen molar-refractivity contribution in [3.05, 3.63) is 23.2 Å². The molecule has 0 aromatic carbocycles. The van der Waals surface area contributed by atoms with E-state index in [4.69, 9.17) is 0 Å². The fraction of sp³-hybridized carbons (Fsp3) is 0.400. The SMILES string of the molecule is C/C=C/C(=O)Nc1nc(C2CC2)cs1. The van der Waals surface area contributed by atoms with Crippen LogP contribution < -0.4 is 5.32 Å². The van der Waals surface area contributed by atoms with Crippen molar-refractivity contribution in [2.75, 3.05) is 5.32 Å². The van der Waals surface area contributed by atoms with Crippen LogP contribution in [0.1, 0.15) is 31.4 Å². The van der Waals surface area contributed by atoms with Crippen LogP contribution in [0.25, 0.3) is 0 Å². The number of anilines is 1. The zero-order valence-corrected chi connectivity index (χ0v) is 8.80. The predicted octanol–water partition coefficient (Wildman–Crippen LogP) is 2.54. The van der Waals surface area contributed by atoms with Gasteiger partial charge in [0.1, 0.15) is 0 Å². The summed E-state index contributed by atoms with van der Waals surface area (Å²) in [7, 11) is 0. The number of carbonyl (C=O) groups is 1. The molecule has 4 heteroatoms. The molecule has 1 fully saturated rings. The van der Waals surface area contributed by atoms with Gasteiger partial charge in [-0.15, -0.1) is 11.3 Å². The number of allylic oxidation sites excluding steroid dienone is 1.